The van der Waals surface area contributed by atoms with Crippen molar-refractivity contribution in [3.63, 3.8) is 0 Å². The van der Waals surface area contributed by atoms with Crippen molar-refractivity contribution in [1.29, 1.82) is 0 Å². The van der Waals surface area contributed by atoms with Crippen LogP contribution < -0.4 is 10.6 Å². The lowest BCUT2D eigenvalue weighted by molar-refractivity contribution is -0.120. The molecule has 0 radical (unpaired) electrons. The predicted molar refractivity (Wildman–Crippen MR) is 69.9 cm³/mol. The van der Waals surface area contributed by atoms with Crippen LogP contribution in [0.2, 0.25) is 0 Å². The van der Waals surface area contributed by atoms with Gasteiger partial charge < -0.3 is 10.6 Å². The Bertz CT molecular complexity index is 427. The van der Waals surface area contributed by atoms with E-state index in [1.54, 1.807) is 19.1 Å². The fraction of sp³-hybridized carbons (Fsp3) is 0.500. The zero-order valence-corrected chi connectivity index (χ0v) is 10.8. The Morgan fingerprint density at radius 1 is 1.44 bits per heavy atom. The lowest BCUT2D eigenvalue weighted by Crippen LogP contribution is -2.41. The Balaban J connectivity index is 2.07. The third-order valence-electron chi connectivity index (χ3n) is 3.41. The second kappa shape index (κ2) is 5.48. The first-order chi connectivity index (χ1) is 8.58. The summed E-state index contributed by atoms with van der Waals surface area (Å²) in [5, 5.41) is 5.94. The number of aryl methyl sites for hydroxylation is 1. The molecule has 4 heteroatoms. The van der Waals surface area contributed by atoms with Gasteiger partial charge in [0, 0.05) is 6.54 Å². The first-order valence-corrected chi connectivity index (χ1v) is 6.34. The average molecular weight is 250 g/mol. The summed E-state index contributed by atoms with van der Waals surface area (Å²) in [5.41, 5.74) is 1.06. The number of anilines is 1. The molecule has 2 N–H and O–H groups in total. The highest BCUT2D eigenvalue weighted by Crippen LogP contribution is 2.22. The highest BCUT2D eigenvalue weighted by atomic mass is 19.1. The normalized spacial score (nSPS) is 23.7. The Morgan fingerprint density at radius 3 is 2.89 bits per heavy atom. The molecule has 2 rings (SSSR count). The third kappa shape index (κ3) is 2.88. The van der Waals surface area contributed by atoms with Gasteiger partial charge in [-0.2, -0.15) is 0 Å². The Hall–Kier alpha value is -1.42. The summed E-state index contributed by atoms with van der Waals surface area (Å²) >= 11 is 0. The van der Waals surface area contributed by atoms with Crippen molar-refractivity contribution in [2.24, 2.45) is 11.8 Å². The van der Waals surface area contributed by atoms with E-state index < -0.39 is 0 Å². The summed E-state index contributed by atoms with van der Waals surface area (Å²) in [5.74, 6) is -0.0635. The average Bonchev–Trinajstić information content (AvgIpc) is 2.34. The molecule has 1 aromatic carbocycles. The topological polar surface area (TPSA) is 41.1 Å². The van der Waals surface area contributed by atoms with Gasteiger partial charge in [0.05, 0.1) is 11.6 Å². The molecule has 0 aliphatic carbocycles. The smallest absolute Gasteiger partial charge is 0.228 e. The Labute approximate surface area is 107 Å². The number of nitrogens with one attached hydrogen (secondary N) is 2. The minimum Gasteiger partial charge on any atom is -0.323 e. The summed E-state index contributed by atoms with van der Waals surface area (Å²) < 4.78 is 13.6. The van der Waals surface area contributed by atoms with E-state index in [1.807, 2.05) is 0 Å². The van der Waals surface area contributed by atoms with Gasteiger partial charge >= 0.3 is 0 Å². The van der Waals surface area contributed by atoms with E-state index in [-0.39, 0.29) is 17.6 Å². The number of amides is 1. The summed E-state index contributed by atoms with van der Waals surface area (Å²) in [6, 6.07) is 4.80. The molecule has 1 amide bonds. The fourth-order valence-corrected chi connectivity index (χ4v) is 2.37. The van der Waals surface area contributed by atoms with E-state index in [0.717, 1.165) is 18.5 Å². The number of carbonyl (C=O) groups excluding carboxylic acids is 1. The van der Waals surface area contributed by atoms with Crippen molar-refractivity contribution in [3.05, 3.63) is 29.6 Å². The molecular formula is C14H19FN2O. The minimum absolute atomic E-state index is 0.0762. The second-order valence-electron chi connectivity index (χ2n) is 5.12. The van der Waals surface area contributed by atoms with E-state index in [0.29, 0.717) is 18.2 Å². The van der Waals surface area contributed by atoms with Crippen molar-refractivity contribution in [3.8, 4) is 0 Å². The van der Waals surface area contributed by atoms with Crippen molar-refractivity contribution < 1.29 is 9.18 Å². The number of benzene rings is 1. The highest BCUT2D eigenvalue weighted by Gasteiger charge is 2.25. The Morgan fingerprint density at radius 2 is 2.22 bits per heavy atom. The van der Waals surface area contributed by atoms with Crippen LogP contribution in [0.25, 0.3) is 0 Å². The lowest BCUT2D eigenvalue weighted by Gasteiger charge is -2.27. The van der Waals surface area contributed by atoms with Crippen molar-refractivity contribution in [2.45, 2.75) is 20.3 Å². The molecular weight excluding hydrogens is 231 g/mol. The van der Waals surface area contributed by atoms with E-state index in [9.17, 15) is 9.18 Å². The SMILES string of the molecule is Cc1cccc(F)c1NC(=O)C1CNCC(C)C1. The van der Waals surface area contributed by atoms with E-state index in [4.69, 9.17) is 0 Å². The molecule has 1 aliphatic heterocycles. The van der Waals surface area contributed by atoms with Crippen molar-refractivity contribution in [2.75, 3.05) is 18.4 Å². The van der Waals surface area contributed by atoms with Crippen LogP contribution in [0.5, 0.6) is 0 Å². The minimum atomic E-state index is -0.375. The van der Waals surface area contributed by atoms with Gasteiger partial charge in [0.25, 0.3) is 0 Å². The summed E-state index contributed by atoms with van der Waals surface area (Å²) in [6.07, 6.45) is 0.854. The summed E-state index contributed by atoms with van der Waals surface area (Å²) in [4.78, 5) is 12.1. The second-order valence-corrected chi connectivity index (χ2v) is 5.12. The maximum Gasteiger partial charge on any atom is 0.228 e. The molecule has 1 saturated heterocycles. The predicted octanol–water partition coefficient (Wildman–Crippen LogP) is 2.32. The monoisotopic (exact) mass is 250 g/mol. The van der Waals surface area contributed by atoms with Gasteiger partial charge in [-0.25, -0.2) is 4.39 Å². The lowest BCUT2D eigenvalue weighted by atomic mass is 9.91. The maximum absolute atomic E-state index is 13.6. The molecule has 1 aliphatic rings. The third-order valence-corrected chi connectivity index (χ3v) is 3.41. The van der Waals surface area contributed by atoms with E-state index >= 15 is 0 Å². The van der Waals surface area contributed by atoms with Crippen LogP contribution in [0.4, 0.5) is 10.1 Å². The molecule has 2 atom stereocenters. The van der Waals surface area contributed by atoms with Crippen LogP contribution in [0.1, 0.15) is 18.9 Å². The summed E-state index contributed by atoms with van der Waals surface area (Å²) in [6.45, 7) is 5.52. The van der Waals surface area contributed by atoms with Gasteiger partial charge in [0.15, 0.2) is 0 Å². The number of halogens is 1. The van der Waals surface area contributed by atoms with Crippen LogP contribution >= 0.6 is 0 Å². The van der Waals surface area contributed by atoms with Gasteiger partial charge in [-0.3, -0.25) is 4.79 Å². The fourth-order valence-electron chi connectivity index (χ4n) is 2.37. The van der Waals surface area contributed by atoms with Gasteiger partial charge in [-0.15, -0.1) is 0 Å². The highest BCUT2D eigenvalue weighted by molar-refractivity contribution is 5.93. The van der Waals surface area contributed by atoms with Gasteiger partial charge in [-0.1, -0.05) is 19.1 Å². The molecule has 3 nitrogen and oxygen atoms in total. The first kappa shape index (κ1) is 13.0. The largest absolute Gasteiger partial charge is 0.323 e. The Kier molecular flexibility index (Phi) is 3.97. The summed E-state index contributed by atoms with van der Waals surface area (Å²) in [7, 11) is 0. The van der Waals surface area contributed by atoms with Gasteiger partial charge in [0.2, 0.25) is 5.91 Å². The maximum atomic E-state index is 13.6. The van der Waals surface area contributed by atoms with Crippen molar-refractivity contribution >= 4 is 11.6 Å². The molecule has 98 valence electrons. The first-order valence-electron chi connectivity index (χ1n) is 6.34. The molecule has 0 saturated carbocycles. The number of piperidine rings is 1. The van der Waals surface area contributed by atoms with Gasteiger partial charge in [-0.05, 0) is 37.4 Å². The van der Waals surface area contributed by atoms with Gasteiger partial charge in [0.1, 0.15) is 5.82 Å². The zero-order valence-electron chi connectivity index (χ0n) is 10.8. The molecule has 1 heterocycles. The van der Waals surface area contributed by atoms with E-state index in [1.165, 1.54) is 6.07 Å². The molecule has 18 heavy (non-hydrogen) atoms. The van der Waals surface area contributed by atoms with Crippen LogP contribution in [0, 0.1) is 24.6 Å². The van der Waals surface area contributed by atoms with Crippen molar-refractivity contribution in [1.82, 2.24) is 5.32 Å². The molecule has 2 unspecified atom stereocenters. The molecule has 1 aromatic rings. The van der Waals surface area contributed by atoms with E-state index in [2.05, 4.69) is 17.6 Å². The number of hydrogen-bond donors (Lipinski definition) is 2. The number of rotatable bonds is 2. The molecule has 1 fully saturated rings. The standard InChI is InChI=1S/C14H19FN2O/c1-9-6-11(8-16-7-9)14(18)17-13-10(2)4-3-5-12(13)15/h3-5,9,11,16H,6-8H2,1-2H3,(H,17,18). The number of para-hydroxylation sites is 1. The quantitative estimate of drug-likeness (QED) is 0.845. The van der Waals surface area contributed by atoms with Crippen LogP contribution in [0.15, 0.2) is 18.2 Å². The molecule has 0 aromatic heterocycles. The zero-order chi connectivity index (χ0) is 13.1. The van der Waals surface area contributed by atoms with Crippen LogP contribution in [-0.4, -0.2) is 19.0 Å². The molecule has 0 spiro atoms. The van der Waals surface area contributed by atoms with Crippen LogP contribution in [-0.2, 0) is 4.79 Å². The number of hydrogen-bond acceptors (Lipinski definition) is 2. The van der Waals surface area contributed by atoms with Crippen LogP contribution in [0.3, 0.4) is 0 Å². The number of carbonyl (C=O) groups is 1. The molecule has 0 bridgehead atoms.